The summed E-state index contributed by atoms with van der Waals surface area (Å²) in [5.41, 5.74) is 0.410. The number of aromatic nitrogens is 2. The Bertz CT molecular complexity index is 384. The highest BCUT2D eigenvalue weighted by atomic mass is 32.1. The Balaban J connectivity index is 1.94. The molecule has 1 heterocycles. The van der Waals surface area contributed by atoms with Crippen molar-refractivity contribution in [2.24, 2.45) is 5.41 Å². The molecule has 2 rings (SSSR count). The van der Waals surface area contributed by atoms with Gasteiger partial charge in [0.2, 0.25) is 0 Å². The minimum absolute atomic E-state index is 0.410. The van der Waals surface area contributed by atoms with E-state index in [1.807, 2.05) is 11.3 Å². The quantitative estimate of drug-likeness (QED) is 0.889. The van der Waals surface area contributed by atoms with E-state index in [0.29, 0.717) is 17.4 Å². The van der Waals surface area contributed by atoms with Crippen LogP contribution in [0.4, 0.5) is 0 Å². The number of hydrogen-bond acceptors (Lipinski definition) is 4. The first-order valence-corrected chi connectivity index (χ1v) is 7.86. The molecule has 0 radical (unpaired) electrons. The molecule has 1 atom stereocenters. The van der Waals surface area contributed by atoms with Gasteiger partial charge < -0.3 is 5.32 Å². The van der Waals surface area contributed by atoms with Crippen molar-refractivity contribution in [1.29, 1.82) is 0 Å². The molecule has 0 spiro atoms. The van der Waals surface area contributed by atoms with Crippen LogP contribution in [-0.2, 0) is 6.42 Å². The molecule has 0 saturated heterocycles. The normalized spacial score (nSPS) is 22.8. The van der Waals surface area contributed by atoms with Crippen LogP contribution in [0.25, 0.3) is 0 Å². The van der Waals surface area contributed by atoms with Crippen LogP contribution in [0, 0.1) is 5.41 Å². The number of nitrogens with zero attached hydrogens (tertiary/aromatic N) is 2. The predicted molar refractivity (Wildman–Crippen MR) is 77.1 cm³/mol. The van der Waals surface area contributed by atoms with Crippen LogP contribution >= 0.6 is 11.3 Å². The highest BCUT2D eigenvalue weighted by Gasteiger charge is 2.37. The summed E-state index contributed by atoms with van der Waals surface area (Å²) in [5.74, 6) is 0.627. The Labute approximate surface area is 114 Å². The van der Waals surface area contributed by atoms with Gasteiger partial charge in [0.25, 0.3) is 0 Å². The zero-order valence-corrected chi connectivity index (χ0v) is 12.8. The maximum atomic E-state index is 4.43. The highest BCUT2D eigenvalue weighted by molar-refractivity contribution is 7.11. The molecule has 1 N–H and O–H groups in total. The molecule has 0 bridgehead atoms. The molecule has 1 fully saturated rings. The minimum atomic E-state index is 0.410. The van der Waals surface area contributed by atoms with Gasteiger partial charge in [0.15, 0.2) is 0 Å². The average Bonchev–Trinajstić information content (AvgIpc) is 2.83. The Morgan fingerprint density at radius 1 is 1.39 bits per heavy atom. The zero-order valence-electron chi connectivity index (χ0n) is 12.0. The molecule has 1 aliphatic rings. The molecular weight excluding hydrogens is 242 g/mol. The summed E-state index contributed by atoms with van der Waals surface area (Å²) in [4.78, 5) is 0. The van der Waals surface area contributed by atoms with Crippen molar-refractivity contribution in [3.05, 3.63) is 10.0 Å². The summed E-state index contributed by atoms with van der Waals surface area (Å²) < 4.78 is 0. The standard InChI is InChI=1S/C14H25N3S/c1-10(2)15-9-7-12-16-17-13(18-12)11-6-5-8-14(11,3)4/h10-11,15H,5-9H2,1-4H3. The third kappa shape index (κ3) is 3.29. The van der Waals surface area contributed by atoms with Crippen LogP contribution in [0.2, 0.25) is 0 Å². The molecule has 18 heavy (non-hydrogen) atoms. The van der Waals surface area contributed by atoms with E-state index in [-0.39, 0.29) is 0 Å². The number of hydrogen-bond donors (Lipinski definition) is 1. The van der Waals surface area contributed by atoms with Crippen molar-refractivity contribution in [2.75, 3.05) is 6.54 Å². The third-order valence-corrected chi connectivity index (χ3v) is 5.03. The molecule has 0 aliphatic heterocycles. The molecule has 3 nitrogen and oxygen atoms in total. The number of nitrogens with one attached hydrogen (secondary N) is 1. The molecule has 1 unspecified atom stereocenters. The molecule has 0 amide bonds. The molecular formula is C14H25N3S. The van der Waals surface area contributed by atoms with Gasteiger partial charge in [0.1, 0.15) is 10.0 Å². The first-order valence-electron chi connectivity index (χ1n) is 7.05. The van der Waals surface area contributed by atoms with Crippen LogP contribution in [0.5, 0.6) is 0 Å². The number of rotatable bonds is 5. The highest BCUT2D eigenvalue weighted by Crippen LogP contribution is 2.49. The summed E-state index contributed by atoms with van der Waals surface area (Å²) in [6.45, 7) is 10.1. The van der Waals surface area contributed by atoms with Crippen molar-refractivity contribution in [3.63, 3.8) is 0 Å². The summed E-state index contributed by atoms with van der Waals surface area (Å²) in [5, 5.41) is 14.7. The van der Waals surface area contributed by atoms with Gasteiger partial charge in [-0.3, -0.25) is 0 Å². The molecule has 0 aromatic carbocycles. The van der Waals surface area contributed by atoms with Crippen LogP contribution in [0.15, 0.2) is 0 Å². The molecule has 1 aromatic rings. The van der Waals surface area contributed by atoms with E-state index < -0.39 is 0 Å². The fourth-order valence-corrected chi connectivity index (χ4v) is 3.95. The smallest absolute Gasteiger partial charge is 0.121 e. The van der Waals surface area contributed by atoms with E-state index in [1.165, 1.54) is 29.3 Å². The lowest BCUT2D eigenvalue weighted by atomic mass is 9.82. The Hall–Kier alpha value is -0.480. The summed E-state index contributed by atoms with van der Waals surface area (Å²) in [7, 11) is 0. The van der Waals surface area contributed by atoms with Gasteiger partial charge in [0, 0.05) is 24.9 Å². The average molecular weight is 267 g/mol. The van der Waals surface area contributed by atoms with E-state index in [2.05, 4.69) is 43.2 Å². The zero-order chi connectivity index (χ0) is 13.2. The summed E-state index contributed by atoms with van der Waals surface area (Å²) >= 11 is 1.82. The van der Waals surface area contributed by atoms with E-state index in [9.17, 15) is 0 Å². The van der Waals surface area contributed by atoms with Crippen molar-refractivity contribution < 1.29 is 0 Å². The minimum Gasteiger partial charge on any atom is -0.314 e. The maximum Gasteiger partial charge on any atom is 0.121 e. The molecule has 1 aliphatic carbocycles. The topological polar surface area (TPSA) is 37.8 Å². The SMILES string of the molecule is CC(C)NCCc1nnc(C2CCCC2(C)C)s1. The second-order valence-electron chi connectivity index (χ2n) is 6.33. The predicted octanol–water partition coefficient (Wildman–Crippen LogP) is 3.37. The van der Waals surface area contributed by atoms with Gasteiger partial charge in [-0.1, -0.05) is 34.1 Å². The molecule has 4 heteroatoms. The second kappa shape index (κ2) is 5.66. The Morgan fingerprint density at radius 2 is 2.17 bits per heavy atom. The van der Waals surface area contributed by atoms with Gasteiger partial charge >= 0.3 is 0 Å². The van der Waals surface area contributed by atoms with Crippen molar-refractivity contribution in [3.8, 4) is 0 Å². The van der Waals surface area contributed by atoms with Crippen LogP contribution < -0.4 is 5.32 Å². The molecule has 1 aromatic heterocycles. The fraction of sp³-hybridized carbons (Fsp3) is 0.857. The van der Waals surface area contributed by atoms with Gasteiger partial charge in [-0.2, -0.15) is 0 Å². The van der Waals surface area contributed by atoms with Crippen LogP contribution in [0.3, 0.4) is 0 Å². The lowest BCUT2D eigenvalue weighted by molar-refractivity contribution is 0.330. The van der Waals surface area contributed by atoms with Crippen molar-refractivity contribution in [2.45, 2.75) is 65.3 Å². The third-order valence-electron chi connectivity index (χ3n) is 3.93. The maximum absolute atomic E-state index is 4.43. The first kappa shape index (κ1) is 13.9. The monoisotopic (exact) mass is 267 g/mol. The lowest BCUT2D eigenvalue weighted by Crippen LogP contribution is -2.24. The van der Waals surface area contributed by atoms with Gasteiger partial charge in [-0.15, -0.1) is 21.5 Å². The second-order valence-corrected chi connectivity index (χ2v) is 7.42. The van der Waals surface area contributed by atoms with E-state index in [0.717, 1.165) is 13.0 Å². The molecule has 1 saturated carbocycles. The van der Waals surface area contributed by atoms with E-state index >= 15 is 0 Å². The lowest BCUT2D eigenvalue weighted by Gasteiger charge is -2.24. The van der Waals surface area contributed by atoms with Gasteiger partial charge in [0.05, 0.1) is 0 Å². The largest absolute Gasteiger partial charge is 0.314 e. The fourth-order valence-electron chi connectivity index (χ4n) is 2.76. The van der Waals surface area contributed by atoms with Gasteiger partial charge in [-0.25, -0.2) is 0 Å². The summed E-state index contributed by atoms with van der Waals surface area (Å²) in [6, 6.07) is 0.547. The Kier molecular flexibility index (Phi) is 4.38. The van der Waals surface area contributed by atoms with Crippen molar-refractivity contribution in [1.82, 2.24) is 15.5 Å². The first-order chi connectivity index (χ1) is 8.49. The molecule has 102 valence electrons. The van der Waals surface area contributed by atoms with Crippen molar-refractivity contribution >= 4 is 11.3 Å². The van der Waals surface area contributed by atoms with Gasteiger partial charge in [-0.05, 0) is 18.3 Å². The Morgan fingerprint density at radius 3 is 2.78 bits per heavy atom. The van der Waals surface area contributed by atoms with E-state index in [1.54, 1.807) is 0 Å². The van der Waals surface area contributed by atoms with Crippen LogP contribution in [0.1, 0.15) is 62.9 Å². The summed E-state index contributed by atoms with van der Waals surface area (Å²) in [6.07, 6.45) is 4.94. The van der Waals surface area contributed by atoms with E-state index in [4.69, 9.17) is 0 Å². The van der Waals surface area contributed by atoms with Crippen LogP contribution in [-0.4, -0.2) is 22.8 Å².